The number of hydrogen-bond donors (Lipinski definition) is 3. The summed E-state index contributed by atoms with van der Waals surface area (Å²) < 4.78 is 1.95. The van der Waals surface area contributed by atoms with Crippen LogP contribution in [0.2, 0.25) is 0 Å². The average molecular weight is 321 g/mol. The predicted molar refractivity (Wildman–Crippen MR) is 88.4 cm³/mol. The van der Waals surface area contributed by atoms with Gasteiger partial charge in [-0.15, -0.1) is 0 Å². The summed E-state index contributed by atoms with van der Waals surface area (Å²) in [5.74, 6) is 0. The van der Waals surface area contributed by atoms with Gasteiger partial charge in [0.1, 0.15) is 0 Å². The summed E-state index contributed by atoms with van der Waals surface area (Å²) in [5, 5.41) is 22.5. The highest BCUT2D eigenvalue weighted by Gasteiger charge is 2.45. The zero-order valence-electron chi connectivity index (χ0n) is 14.2. The molecular formula is C16H33ClN2O2. The largest absolute Gasteiger partial charge is 0.394 e. The first-order chi connectivity index (χ1) is 9.62. The molecule has 1 aliphatic rings. The van der Waals surface area contributed by atoms with Crippen LogP contribution in [0.25, 0.3) is 0 Å². The fourth-order valence-electron chi connectivity index (χ4n) is 3.73. The van der Waals surface area contributed by atoms with Gasteiger partial charge in [-0.2, -0.15) is 0 Å². The molecule has 0 bridgehead atoms. The van der Waals surface area contributed by atoms with E-state index in [4.69, 9.17) is 16.9 Å². The Balaban J connectivity index is 2.70. The molecule has 1 heterocycles. The first kappa shape index (κ1) is 19.2. The third-order valence-corrected chi connectivity index (χ3v) is 5.35. The second-order valence-electron chi connectivity index (χ2n) is 7.74. The third kappa shape index (κ3) is 5.36. The standard InChI is InChI=1S/C16H33ClN2O2/c1-6-7-12(8-14(21)11-20)18-13-9-15(2,3)19(17)16(4,5)10-13/h12-14,18,20-21H,6-11H2,1-5H3. The molecule has 1 fully saturated rings. The summed E-state index contributed by atoms with van der Waals surface area (Å²) >= 11 is 6.50. The molecule has 0 saturated carbocycles. The van der Waals surface area contributed by atoms with Crippen LogP contribution in [-0.4, -0.2) is 50.5 Å². The summed E-state index contributed by atoms with van der Waals surface area (Å²) in [6.07, 6.45) is 4.01. The van der Waals surface area contributed by atoms with Crippen LogP contribution in [-0.2, 0) is 0 Å². The Morgan fingerprint density at radius 3 is 2.19 bits per heavy atom. The third-order valence-electron chi connectivity index (χ3n) is 4.43. The van der Waals surface area contributed by atoms with Crippen LogP contribution in [0.15, 0.2) is 0 Å². The topological polar surface area (TPSA) is 55.7 Å². The van der Waals surface area contributed by atoms with E-state index in [1.54, 1.807) is 0 Å². The molecule has 1 saturated heterocycles. The lowest BCUT2D eigenvalue weighted by atomic mass is 9.79. The van der Waals surface area contributed by atoms with Gasteiger partial charge in [0, 0.05) is 23.2 Å². The Bertz CT molecular complexity index is 305. The zero-order chi connectivity index (χ0) is 16.3. The normalized spacial score (nSPS) is 25.7. The lowest BCUT2D eigenvalue weighted by Crippen LogP contribution is -2.61. The Hall–Kier alpha value is 0.130. The minimum absolute atomic E-state index is 0.0622. The van der Waals surface area contributed by atoms with Gasteiger partial charge in [-0.05, 0) is 65.2 Å². The van der Waals surface area contributed by atoms with Crippen molar-refractivity contribution in [1.82, 2.24) is 9.74 Å². The van der Waals surface area contributed by atoms with Crippen molar-refractivity contribution >= 4 is 11.8 Å². The highest BCUT2D eigenvalue weighted by Crippen LogP contribution is 2.40. The van der Waals surface area contributed by atoms with Gasteiger partial charge < -0.3 is 15.5 Å². The van der Waals surface area contributed by atoms with E-state index in [2.05, 4.69) is 39.9 Å². The fraction of sp³-hybridized carbons (Fsp3) is 1.00. The highest BCUT2D eigenvalue weighted by molar-refractivity contribution is 6.14. The van der Waals surface area contributed by atoms with Gasteiger partial charge in [0.25, 0.3) is 0 Å². The number of aliphatic hydroxyl groups is 2. The van der Waals surface area contributed by atoms with Crippen molar-refractivity contribution in [2.45, 2.75) is 96.0 Å². The van der Waals surface area contributed by atoms with Crippen molar-refractivity contribution in [3.8, 4) is 0 Å². The minimum atomic E-state index is -0.636. The fourth-order valence-corrected chi connectivity index (χ4v) is 3.87. The minimum Gasteiger partial charge on any atom is -0.394 e. The van der Waals surface area contributed by atoms with Gasteiger partial charge in [-0.1, -0.05) is 13.3 Å². The lowest BCUT2D eigenvalue weighted by Gasteiger charge is -2.52. The predicted octanol–water partition coefficient (Wildman–Crippen LogP) is 2.66. The van der Waals surface area contributed by atoms with E-state index < -0.39 is 6.10 Å². The van der Waals surface area contributed by atoms with Gasteiger partial charge in [-0.25, -0.2) is 4.42 Å². The molecule has 4 nitrogen and oxygen atoms in total. The van der Waals surface area contributed by atoms with Crippen molar-refractivity contribution in [2.75, 3.05) is 6.61 Å². The van der Waals surface area contributed by atoms with Gasteiger partial charge in [-0.3, -0.25) is 0 Å². The summed E-state index contributed by atoms with van der Waals surface area (Å²) in [6.45, 7) is 10.7. The molecule has 3 N–H and O–H groups in total. The number of piperidine rings is 1. The molecule has 21 heavy (non-hydrogen) atoms. The van der Waals surface area contributed by atoms with E-state index in [9.17, 15) is 5.11 Å². The maximum Gasteiger partial charge on any atom is 0.0785 e. The maximum absolute atomic E-state index is 9.71. The molecular weight excluding hydrogens is 288 g/mol. The van der Waals surface area contributed by atoms with E-state index in [1.165, 1.54) is 0 Å². The molecule has 0 radical (unpaired) electrons. The molecule has 0 amide bonds. The maximum atomic E-state index is 9.71. The van der Waals surface area contributed by atoms with Crippen LogP contribution in [0.4, 0.5) is 0 Å². The molecule has 2 unspecified atom stereocenters. The zero-order valence-corrected chi connectivity index (χ0v) is 15.0. The second kappa shape index (κ2) is 7.60. The van der Waals surface area contributed by atoms with Crippen LogP contribution >= 0.6 is 11.8 Å². The second-order valence-corrected chi connectivity index (χ2v) is 8.07. The number of nitrogens with one attached hydrogen (secondary N) is 1. The van der Waals surface area contributed by atoms with Crippen LogP contribution < -0.4 is 5.32 Å². The Kier molecular flexibility index (Phi) is 6.94. The lowest BCUT2D eigenvalue weighted by molar-refractivity contribution is 0.0282. The van der Waals surface area contributed by atoms with Crippen molar-refractivity contribution in [1.29, 1.82) is 0 Å². The molecule has 0 aromatic carbocycles. The molecule has 0 aromatic heterocycles. The molecule has 1 aliphatic heterocycles. The molecule has 2 atom stereocenters. The number of halogens is 1. The number of rotatable bonds is 7. The molecule has 0 aliphatic carbocycles. The van der Waals surface area contributed by atoms with E-state index in [1.807, 2.05) is 4.42 Å². The quantitative estimate of drug-likeness (QED) is 0.631. The van der Waals surface area contributed by atoms with Crippen molar-refractivity contribution in [2.24, 2.45) is 0 Å². The van der Waals surface area contributed by atoms with Crippen molar-refractivity contribution in [3.05, 3.63) is 0 Å². The highest BCUT2D eigenvalue weighted by atomic mass is 35.5. The van der Waals surface area contributed by atoms with Gasteiger partial charge in [0.2, 0.25) is 0 Å². The SMILES string of the molecule is CCCC(CC(O)CO)NC1CC(C)(C)N(Cl)C(C)(C)C1. The summed E-state index contributed by atoms with van der Waals surface area (Å²) in [4.78, 5) is 0. The molecule has 0 spiro atoms. The van der Waals surface area contributed by atoms with Gasteiger partial charge in [0.05, 0.1) is 12.7 Å². The van der Waals surface area contributed by atoms with Gasteiger partial charge in [0.15, 0.2) is 0 Å². The summed E-state index contributed by atoms with van der Waals surface area (Å²) in [6, 6.07) is 0.628. The molecule has 5 heteroatoms. The van der Waals surface area contributed by atoms with Crippen molar-refractivity contribution < 1.29 is 10.2 Å². The first-order valence-corrected chi connectivity index (χ1v) is 8.47. The van der Waals surface area contributed by atoms with E-state index >= 15 is 0 Å². The Labute approximate surface area is 135 Å². The van der Waals surface area contributed by atoms with Crippen LogP contribution in [0.3, 0.4) is 0 Å². The van der Waals surface area contributed by atoms with E-state index in [-0.39, 0.29) is 23.7 Å². The first-order valence-electron chi connectivity index (χ1n) is 8.13. The monoisotopic (exact) mass is 320 g/mol. The van der Waals surface area contributed by atoms with Crippen LogP contribution in [0.1, 0.15) is 66.7 Å². The van der Waals surface area contributed by atoms with Crippen LogP contribution in [0.5, 0.6) is 0 Å². The average Bonchev–Trinajstić information content (AvgIpc) is 2.35. The number of nitrogens with zero attached hydrogens (tertiary/aromatic N) is 1. The van der Waals surface area contributed by atoms with Crippen LogP contribution in [0, 0.1) is 0 Å². The van der Waals surface area contributed by atoms with Gasteiger partial charge >= 0.3 is 0 Å². The van der Waals surface area contributed by atoms with Crippen molar-refractivity contribution in [3.63, 3.8) is 0 Å². The Morgan fingerprint density at radius 2 is 1.76 bits per heavy atom. The Morgan fingerprint density at radius 1 is 1.24 bits per heavy atom. The number of hydrogen-bond acceptors (Lipinski definition) is 4. The molecule has 0 aromatic rings. The molecule has 1 rings (SSSR count). The van der Waals surface area contributed by atoms with E-state index in [0.717, 1.165) is 25.7 Å². The smallest absolute Gasteiger partial charge is 0.0785 e. The number of aliphatic hydroxyl groups excluding tert-OH is 2. The van der Waals surface area contributed by atoms with E-state index in [0.29, 0.717) is 12.5 Å². The molecule has 126 valence electrons. The summed E-state index contributed by atoms with van der Waals surface area (Å²) in [7, 11) is 0. The summed E-state index contributed by atoms with van der Waals surface area (Å²) in [5.41, 5.74) is -0.124.